The van der Waals surface area contributed by atoms with Gasteiger partial charge in [0.05, 0.1) is 12.0 Å². The van der Waals surface area contributed by atoms with E-state index in [0.29, 0.717) is 17.6 Å². The van der Waals surface area contributed by atoms with Gasteiger partial charge in [-0.25, -0.2) is 4.98 Å². The molecule has 11 rings (SSSR count). The molecule has 4 atom stereocenters. The number of hydrogen-bond donors (Lipinski definition) is 0. The number of aliphatic imine (C=N–C) groups is 1. The molecule has 54 heavy (non-hydrogen) atoms. The minimum absolute atomic E-state index is 0.00503. The monoisotopic (exact) mass is 696 g/mol. The van der Waals surface area contributed by atoms with Crippen molar-refractivity contribution in [1.29, 1.82) is 0 Å². The zero-order chi connectivity index (χ0) is 35.6. The minimum Gasteiger partial charge on any atom is -0.318 e. The van der Waals surface area contributed by atoms with Gasteiger partial charge < -0.3 is 9.80 Å². The van der Waals surface area contributed by atoms with E-state index in [2.05, 4.69) is 143 Å². The number of dihydropyridines is 1. The highest BCUT2D eigenvalue weighted by Crippen LogP contribution is 2.53. The van der Waals surface area contributed by atoms with Crippen molar-refractivity contribution in [3.8, 4) is 33.9 Å². The molecule has 0 amide bonds. The summed E-state index contributed by atoms with van der Waals surface area (Å²) >= 11 is 0. The number of nitrogens with zero attached hydrogens (tertiary/aromatic N) is 6. The molecular formula is C48H36N6. The maximum atomic E-state index is 5.20. The van der Waals surface area contributed by atoms with Crippen LogP contribution in [0.5, 0.6) is 0 Å². The Morgan fingerprint density at radius 2 is 1.20 bits per heavy atom. The van der Waals surface area contributed by atoms with Crippen molar-refractivity contribution in [2.45, 2.75) is 36.9 Å². The van der Waals surface area contributed by atoms with Crippen LogP contribution in [0.1, 0.15) is 35.8 Å². The van der Waals surface area contributed by atoms with E-state index in [1.807, 2.05) is 36.4 Å². The average molecular weight is 697 g/mol. The van der Waals surface area contributed by atoms with E-state index in [1.165, 1.54) is 44.8 Å². The van der Waals surface area contributed by atoms with Gasteiger partial charge in [0.2, 0.25) is 5.95 Å². The number of hydrogen-bond acceptors (Lipinski definition) is 6. The molecule has 0 saturated carbocycles. The lowest BCUT2D eigenvalue weighted by Crippen LogP contribution is -2.32. The minimum atomic E-state index is -0.00503. The molecule has 0 spiro atoms. The number of allylic oxidation sites excluding steroid dienone is 5. The second-order valence-electron chi connectivity index (χ2n) is 14.5. The summed E-state index contributed by atoms with van der Waals surface area (Å²) in [7, 11) is 0. The highest BCUT2D eigenvalue weighted by atomic mass is 15.3. The fraction of sp³-hybridized carbons (Fsp3) is 0.125. The highest BCUT2D eigenvalue weighted by Gasteiger charge is 2.44. The maximum Gasteiger partial charge on any atom is 0.234 e. The second kappa shape index (κ2) is 12.5. The first-order valence-electron chi connectivity index (χ1n) is 18.8. The summed E-state index contributed by atoms with van der Waals surface area (Å²) in [4.78, 5) is 25.2. The molecule has 0 N–H and O–H groups in total. The molecule has 1 aromatic heterocycles. The Morgan fingerprint density at radius 1 is 0.574 bits per heavy atom. The first-order chi connectivity index (χ1) is 26.8. The topological polar surface area (TPSA) is 57.5 Å². The molecule has 5 aliphatic rings. The van der Waals surface area contributed by atoms with Crippen LogP contribution in [0, 0.1) is 0 Å². The Hall–Kier alpha value is -6.66. The Labute approximate surface area is 314 Å². The van der Waals surface area contributed by atoms with Crippen LogP contribution in [-0.2, 0) is 0 Å². The van der Waals surface area contributed by atoms with Crippen molar-refractivity contribution in [3.63, 3.8) is 0 Å². The van der Waals surface area contributed by atoms with E-state index >= 15 is 0 Å². The zero-order valence-electron chi connectivity index (χ0n) is 29.6. The van der Waals surface area contributed by atoms with Gasteiger partial charge in [0.15, 0.2) is 11.6 Å². The number of anilines is 4. The van der Waals surface area contributed by atoms with Crippen LogP contribution < -0.4 is 9.80 Å². The Balaban J connectivity index is 1.03. The number of fused-ring (bicyclic) bond motifs is 7. The lowest BCUT2D eigenvalue weighted by Gasteiger charge is -2.32. The Kier molecular flexibility index (Phi) is 7.15. The van der Waals surface area contributed by atoms with Crippen LogP contribution in [0.4, 0.5) is 23.0 Å². The van der Waals surface area contributed by atoms with Crippen LogP contribution in [0.2, 0.25) is 0 Å². The molecule has 6 heteroatoms. The third-order valence-corrected chi connectivity index (χ3v) is 11.5. The van der Waals surface area contributed by atoms with E-state index in [-0.39, 0.29) is 24.0 Å². The maximum absolute atomic E-state index is 5.20. The lowest BCUT2D eigenvalue weighted by atomic mass is 9.81. The lowest BCUT2D eigenvalue weighted by molar-refractivity contribution is 0.631. The zero-order valence-corrected chi connectivity index (χ0v) is 29.6. The van der Waals surface area contributed by atoms with E-state index < -0.39 is 0 Å². The van der Waals surface area contributed by atoms with Crippen molar-refractivity contribution in [2.75, 3.05) is 9.80 Å². The molecule has 258 valence electrons. The molecule has 0 radical (unpaired) electrons. The molecular weight excluding hydrogens is 661 g/mol. The summed E-state index contributed by atoms with van der Waals surface area (Å²) < 4.78 is 0. The largest absolute Gasteiger partial charge is 0.318 e. The van der Waals surface area contributed by atoms with Gasteiger partial charge in [-0.3, -0.25) is 4.99 Å². The third kappa shape index (κ3) is 4.94. The first-order valence-corrected chi connectivity index (χ1v) is 18.8. The Bertz CT molecular complexity index is 2530. The predicted molar refractivity (Wildman–Crippen MR) is 219 cm³/mol. The van der Waals surface area contributed by atoms with Crippen LogP contribution in [0.15, 0.2) is 180 Å². The molecule has 0 fully saturated rings. The number of benzene rings is 5. The molecule has 5 aromatic carbocycles. The summed E-state index contributed by atoms with van der Waals surface area (Å²) in [5.41, 5.74) is 13.2. The van der Waals surface area contributed by atoms with Crippen molar-refractivity contribution < 1.29 is 0 Å². The van der Waals surface area contributed by atoms with Gasteiger partial charge in [0, 0.05) is 40.3 Å². The standard InChI is InChI=1S/C48H36N6/c1-4-14-31(15-5-1)45-50-46(32-16-6-2-7-17-32)52-48(51-45)54-41-23-13-12-22-38(41)39-28-33(24-26-42(39)54)34-25-27-43-40(29-34)44-37-21-11-10-18-35(37)30-49-47(44)53(43)36-19-8-3-9-20-36/h1-9,11-17,19-30,38,41,44,47H,10,18H2. The summed E-state index contributed by atoms with van der Waals surface area (Å²) in [6.07, 6.45) is 17.8. The van der Waals surface area contributed by atoms with E-state index in [9.17, 15) is 0 Å². The summed E-state index contributed by atoms with van der Waals surface area (Å²) in [6, 6.07) is 45.1. The van der Waals surface area contributed by atoms with Crippen LogP contribution in [0.25, 0.3) is 33.9 Å². The first kappa shape index (κ1) is 30.9. The number of para-hydroxylation sites is 1. The van der Waals surface area contributed by atoms with Crippen molar-refractivity contribution in [3.05, 3.63) is 186 Å². The van der Waals surface area contributed by atoms with Gasteiger partial charge in [-0.2, -0.15) is 9.97 Å². The molecule has 6 aromatic rings. The van der Waals surface area contributed by atoms with Crippen LogP contribution in [-0.4, -0.2) is 33.4 Å². The number of aromatic nitrogens is 3. The molecule has 6 nitrogen and oxygen atoms in total. The third-order valence-electron chi connectivity index (χ3n) is 11.5. The summed E-state index contributed by atoms with van der Waals surface area (Å²) in [6.45, 7) is 0. The molecule has 2 aliphatic carbocycles. The second-order valence-corrected chi connectivity index (χ2v) is 14.5. The molecule has 0 saturated heterocycles. The summed E-state index contributed by atoms with van der Waals surface area (Å²) in [5, 5.41) is 0. The van der Waals surface area contributed by atoms with E-state index in [0.717, 1.165) is 29.7 Å². The fourth-order valence-electron chi connectivity index (χ4n) is 8.98. The van der Waals surface area contributed by atoms with Crippen molar-refractivity contribution in [1.82, 2.24) is 15.0 Å². The SMILES string of the molecule is C1=CC2c3cc(-c4ccc5c(c4)C4C6=C(C=NC4N5c4ccccc4)CCC=C6)ccc3N(c3nc(-c4ccccc4)nc(-c4ccccc4)n3)C2C=C1. The number of rotatable bonds is 5. The van der Waals surface area contributed by atoms with Gasteiger partial charge in [0.25, 0.3) is 0 Å². The van der Waals surface area contributed by atoms with Gasteiger partial charge >= 0.3 is 0 Å². The van der Waals surface area contributed by atoms with Gasteiger partial charge in [-0.1, -0.05) is 127 Å². The van der Waals surface area contributed by atoms with Crippen LogP contribution >= 0.6 is 0 Å². The highest BCUT2D eigenvalue weighted by molar-refractivity contribution is 5.88. The molecule has 0 bridgehead atoms. The van der Waals surface area contributed by atoms with Crippen molar-refractivity contribution in [2.24, 2.45) is 4.99 Å². The normalized spacial score (nSPS) is 21.5. The molecule has 3 aliphatic heterocycles. The predicted octanol–water partition coefficient (Wildman–Crippen LogP) is 10.9. The molecule has 4 heterocycles. The smallest absolute Gasteiger partial charge is 0.234 e. The van der Waals surface area contributed by atoms with Gasteiger partial charge in [0.1, 0.15) is 6.17 Å². The van der Waals surface area contributed by atoms with Crippen molar-refractivity contribution >= 4 is 29.2 Å². The fourth-order valence-corrected chi connectivity index (χ4v) is 8.98. The van der Waals surface area contributed by atoms with Crippen LogP contribution in [0.3, 0.4) is 0 Å². The summed E-state index contributed by atoms with van der Waals surface area (Å²) in [5.74, 6) is 2.31. The van der Waals surface area contributed by atoms with E-state index in [4.69, 9.17) is 19.9 Å². The molecule has 4 unspecified atom stereocenters. The quantitative estimate of drug-likeness (QED) is 0.180. The van der Waals surface area contributed by atoms with Gasteiger partial charge in [-0.15, -0.1) is 0 Å². The Morgan fingerprint density at radius 3 is 1.91 bits per heavy atom. The average Bonchev–Trinajstić information content (AvgIpc) is 3.77. The van der Waals surface area contributed by atoms with Gasteiger partial charge in [-0.05, 0) is 82.6 Å². The van der Waals surface area contributed by atoms with E-state index in [1.54, 1.807) is 0 Å².